The Bertz CT molecular complexity index is 359. The predicted molar refractivity (Wildman–Crippen MR) is 56.4 cm³/mol. The molecule has 1 aromatic carbocycles. The SMILES string of the molecule is NC(CCc1ccc(O)cc1)P(=O)(O)O. The van der Waals surface area contributed by atoms with Crippen molar-refractivity contribution in [1.29, 1.82) is 0 Å². The van der Waals surface area contributed by atoms with Gasteiger partial charge in [0.1, 0.15) is 11.5 Å². The molecular formula is C9H14NO4P. The summed E-state index contributed by atoms with van der Waals surface area (Å²) in [4.78, 5) is 17.5. The number of phenols is 1. The Hall–Kier alpha value is -0.870. The average Bonchev–Trinajstić information content (AvgIpc) is 2.15. The van der Waals surface area contributed by atoms with E-state index < -0.39 is 13.4 Å². The molecule has 0 fully saturated rings. The average molecular weight is 231 g/mol. The molecule has 5 nitrogen and oxygen atoms in total. The molecule has 1 unspecified atom stereocenters. The van der Waals surface area contributed by atoms with Crippen molar-refractivity contribution in [1.82, 2.24) is 0 Å². The molecule has 0 aliphatic rings. The van der Waals surface area contributed by atoms with Crippen LogP contribution in [-0.4, -0.2) is 20.7 Å². The predicted octanol–water partition coefficient (Wildman–Crippen LogP) is 0.787. The van der Waals surface area contributed by atoms with Crippen molar-refractivity contribution in [2.75, 3.05) is 0 Å². The quantitative estimate of drug-likeness (QED) is 0.573. The molecular weight excluding hydrogens is 217 g/mol. The number of aryl methyl sites for hydroxylation is 1. The number of hydrogen-bond donors (Lipinski definition) is 4. The molecule has 0 saturated carbocycles. The lowest BCUT2D eigenvalue weighted by Gasteiger charge is -2.12. The van der Waals surface area contributed by atoms with Gasteiger partial charge in [0.25, 0.3) is 0 Å². The van der Waals surface area contributed by atoms with Crippen LogP contribution in [-0.2, 0) is 11.0 Å². The van der Waals surface area contributed by atoms with Crippen molar-refractivity contribution in [2.45, 2.75) is 18.6 Å². The number of rotatable bonds is 4. The van der Waals surface area contributed by atoms with E-state index in [1.807, 2.05) is 0 Å². The molecule has 15 heavy (non-hydrogen) atoms. The van der Waals surface area contributed by atoms with E-state index in [2.05, 4.69) is 0 Å². The second-order valence-electron chi connectivity index (χ2n) is 3.36. The van der Waals surface area contributed by atoms with Crippen LogP contribution >= 0.6 is 7.60 Å². The Kier molecular flexibility index (Phi) is 3.88. The molecule has 0 bridgehead atoms. The van der Waals surface area contributed by atoms with Gasteiger partial charge >= 0.3 is 7.60 Å². The highest BCUT2D eigenvalue weighted by Gasteiger charge is 2.23. The van der Waals surface area contributed by atoms with Crippen LogP contribution in [0.25, 0.3) is 0 Å². The van der Waals surface area contributed by atoms with Crippen LogP contribution in [0.15, 0.2) is 24.3 Å². The van der Waals surface area contributed by atoms with E-state index in [4.69, 9.17) is 20.6 Å². The summed E-state index contributed by atoms with van der Waals surface area (Å²) in [6, 6.07) is 6.44. The van der Waals surface area contributed by atoms with E-state index in [1.54, 1.807) is 12.1 Å². The number of nitrogens with two attached hydrogens (primary N) is 1. The van der Waals surface area contributed by atoms with E-state index in [1.165, 1.54) is 12.1 Å². The molecule has 0 amide bonds. The zero-order chi connectivity index (χ0) is 11.5. The number of benzene rings is 1. The van der Waals surface area contributed by atoms with Gasteiger partial charge in [0, 0.05) is 0 Å². The first-order valence-electron chi connectivity index (χ1n) is 4.48. The molecule has 0 heterocycles. The van der Waals surface area contributed by atoms with Gasteiger partial charge in [0.15, 0.2) is 0 Å². The lowest BCUT2D eigenvalue weighted by Crippen LogP contribution is -2.20. The highest BCUT2D eigenvalue weighted by Crippen LogP contribution is 2.40. The summed E-state index contributed by atoms with van der Waals surface area (Å²) >= 11 is 0. The summed E-state index contributed by atoms with van der Waals surface area (Å²) < 4.78 is 10.7. The summed E-state index contributed by atoms with van der Waals surface area (Å²) in [6.45, 7) is 0. The van der Waals surface area contributed by atoms with Crippen molar-refractivity contribution >= 4 is 7.60 Å². The van der Waals surface area contributed by atoms with Crippen LogP contribution in [0.1, 0.15) is 12.0 Å². The number of phenolic OH excluding ortho intramolecular Hbond substituents is 1. The molecule has 1 rings (SSSR count). The summed E-state index contributed by atoms with van der Waals surface area (Å²) in [7, 11) is -4.17. The molecule has 0 aliphatic heterocycles. The smallest absolute Gasteiger partial charge is 0.342 e. The van der Waals surface area contributed by atoms with Crippen molar-refractivity contribution in [3.05, 3.63) is 29.8 Å². The maximum absolute atomic E-state index is 10.7. The van der Waals surface area contributed by atoms with Crippen LogP contribution in [0, 0.1) is 0 Å². The minimum atomic E-state index is -4.17. The summed E-state index contributed by atoms with van der Waals surface area (Å²) in [5, 5.41) is 9.01. The number of aromatic hydroxyl groups is 1. The van der Waals surface area contributed by atoms with Crippen LogP contribution in [0.3, 0.4) is 0 Å². The van der Waals surface area contributed by atoms with Gasteiger partial charge < -0.3 is 20.6 Å². The maximum Gasteiger partial charge on any atom is 0.342 e. The number of hydrogen-bond acceptors (Lipinski definition) is 3. The van der Waals surface area contributed by atoms with Gasteiger partial charge in [-0.1, -0.05) is 12.1 Å². The molecule has 0 aromatic heterocycles. The largest absolute Gasteiger partial charge is 0.508 e. The van der Waals surface area contributed by atoms with E-state index in [0.717, 1.165) is 5.56 Å². The fraction of sp³-hybridized carbons (Fsp3) is 0.333. The van der Waals surface area contributed by atoms with Gasteiger partial charge in [-0.25, -0.2) is 0 Å². The summed E-state index contributed by atoms with van der Waals surface area (Å²) in [5.74, 6) is -0.954. The molecule has 5 N–H and O–H groups in total. The lowest BCUT2D eigenvalue weighted by atomic mass is 10.1. The van der Waals surface area contributed by atoms with Crippen molar-refractivity contribution < 1.29 is 19.5 Å². The van der Waals surface area contributed by atoms with Gasteiger partial charge in [-0.15, -0.1) is 0 Å². The lowest BCUT2D eigenvalue weighted by molar-refractivity contribution is 0.355. The van der Waals surface area contributed by atoms with Crippen LogP contribution in [0.5, 0.6) is 5.75 Å². The molecule has 0 radical (unpaired) electrons. The van der Waals surface area contributed by atoms with Gasteiger partial charge in [-0.3, -0.25) is 4.57 Å². The van der Waals surface area contributed by atoms with E-state index in [9.17, 15) is 4.57 Å². The standard InChI is InChI=1S/C9H14NO4P/c10-9(15(12,13)14)6-3-7-1-4-8(11)5-2-7/h1-2,4-5,9,11H,3,6,10H2,(H2,12,13,14). The van der Waals surface area contributed by atoms with Crippen LogP contribution < -0.4 is 5.73 Å². The Balaban J connectivity index is 2.51. The first kappa shape index (κ1) is 12.2. The first-order chi connectivity index (χ1) is 6.89. The Morgan fingerprint density at radius 3 is 2.27 bits per heavy atom. The fourth-order valence-corrected chi connectivity index (χ4v) is 1.61. The third kappa shape index (κ3) is 4.01. The molecule has 0 saturated heterocycles. The van der Waals surface area contributed by atoms with Crippen molar-refractivity contribution in [2.24, 2.45) is 5.73 Å². The topological polar surface area (TPSA) is 104 Å². The summed E-state index contributed by atoms with van der Waals surface area (Å²) in [6.07, 6.45) is 0.696. The van der Waals surface area contributed by atoms with E-state index in [-0.39, 0.29) is 12.2 Å². The van der Waals surface area contributed by atoms with E-state index >= 15 is 0 Å². The van der Waals surface area contributed by atoms with Crippen molar-refractivity contribution in [3.63, 3.8) is 0 Å². The second kappa shape index (κ2) is 4.77. The summed E-state index contributed by atoms with van der Waals surface area (Å²) in [5.41, 5.74) is 6.20. The highest BCUT2D eigenvalue weighted by molar-refractivity contribution is 7.52. The maximum atomic E-state index is 10.7. The molecule has 0 aliphatic carbocycles. The fourth-order valence-electron chi connectivity index (χ4n) is 1.15. The monoisotopic (exact) mass is 231 g/mol. The second-order valence-corrected chi connectivity index (χ2v) is 5.20. The molecule has 84 valence electrons. The van der Waals surface area contributed by atoms with Gasteiger partial charge in [-0.2, -0.15) is 0 Å². The Morgan fingerprint density at radius 1 is 1.27 bits per heavy atom. The normalized spacial score (nSPS) is 13.8. The molecule has 1 aromatic rings. The van der Waals surface area contributed by atoms with E-state index in [0.29, 0.717) is 6.42 Å². The highest BCUT2D eigenvalue weighted by atomic mass is 31.2. The van der Waals surface area contributed by atoms with Crippen LogP contribution in [0.4, 0.5) is 0 Å². The minimum Gasteiger partial charge on any atom is -0.508 e. The molecule has 0 spiro atoms. The first-order valence-corrected chi connectivity index (χ1v) is 6.16. The van der Waals surface area contributed by atoms with Crippen LogP contribution in [0.2, 0.25) is 0 Å². The van der Waals surface area contributed by atoms with Gasteiger partial charge in [0.2, 0.25) is 0 Å². The minimum absolute atomic E-state index is 0.165. The Labute approximate surface area is 87.7 Å². The Morgan fingerprint density at radius 2 is 1.80 bits per heavy atom. The molecule has 6 heteroatoms. The molecule has 1 atom stereocenters. The zero-order valence-corrected chi connectivity index (χ0v) is 8.97. The van der Waals surface area contributed by atoms with Gasteiger partial charge in [-0.05, 0) is 30.5 Å². The third-order valence-corrected chi connectivity index (χ3v) is 3.22. The third-order valence-electron chi connectivity index (χ3n) is 2.10. The van der Waals surface area contributed by atoms with Crippen molar-refractivity contribution in [3.8, 4) is 5.75 Å². The zero-order valence-electron chi connectivity index (χ0n) is 8.08. The van der Waals surface area contributed by atoms with Gasteiger partial charge in [0.05, 0.1) is 0 Å².